The molecular weight excluding hydrogens is 787 g/mol. The van der Waals surface area contributed by atoms with Crippen LogP contribution >= 0.6 is 33.9 Å². The Bertz CT molecular complexity index is 2680. The number of aromatic nitrogens is 6. The van der Waals surface area contributed by atoms with Crippen LogP contribution < -0.4 is 10.5 Å². The Kier molecular flexibility index (Phi) is 11.2. The third-order valence-electron chi connectivity index (χ3n) is 6.82. The van der Waals surface area contributed by atoms with Crippen molar-refractivity contribution in [3.05, 3.63) is 132 Å². The van der Waals surface area contributed by atoms with Crippen LogP contribution in [0, 0.1) is 0 Å². The van der Waals surface area contributed by atoms with Crippen molar-refractivity contribution in [2.45, 2.75) is 9.79 Å². The minimum absolute atomic E-state index is 0.0589. The van der Waals surface area contributed by atoms with Gasteiger partial charge in [-0.2, -0.15) is 9.97 Å². The van der Waals surface area contributed by atoms with Crippen LogP contribution in [0.3, 0.4) is 0 Å². The number of rotatable bonds is 6. The molecule has 6 heterocycles. The van der Waals surface area contributed by atoms with E-state index in [4.69, 9.17) is 48.5 Å². The van der Waals surface area contributed by atoms with Gasteiger partial charge in [0.25, 0.3) is 19.1 Å². The number of pyridine rings is 4. The SMILES string of the molecule is Nc1cc(-c2nc3ncccc3o2)ccn1.O=S(=O)(Cl)c1ccc(Cl)cc1.O=S(=O)(Nc1cc(-c2nc3ncccc3o2)ccn1)c1ccc(Cl)cc1. The van der Waals surface area contributed by atoms with Crippen molar-refractivity contribution in [3.8, 4) is 22.9 Å². The van der Waals surface area contributed by atoms with Gasteiger partial charge in [0.1, 0.15) is 11.6 Å². The normalized spacial score (nSPS) is 11.3. The van der Waals surface area contributed by atoms with Crippen molar-refractivity contribution >= 4 is 87.1 Å². The van der Waals surface area contributed by atoms with Crippen LogP contribution in [-0.2, 0) is 19.1 Å². The molecule has 14 nitrogen and oxygen atoms in total. The minimum atomic E-state index is -3.79. The second-order valence-electron chi connectivity index (χ2n) is 10.5. The van der Waals surface area contributed by atoms with Crippen molar-refractivity contribution in [3.63, 3.8) is 0 Å². The van der Waals surface area contributed by atoms with Crippen molar-refractivity contribution < 1.29 is 25.7 Å². The first-order chi connectivity index (χ1) is 25.3. The number of oxazole rings is 2. The predicted molar refractivity (Wildman–Crippen MR) is 201 cm³/mol. The van der Waals surface area contributed by atoms with E-state index < -0.39 is 19.1 Å². The molecule has 8 rings (SSSR count). The van der Waals surface area contributed by atoms with Crippen molar-refractivity contribution in [2.75, 3.05) is 10.5 Å². The Morgan fingerprint density at radius 3 is 1.57 bits per heavy atom. The van der Waals surface area contributed by atoms with Crippen molar-refractivity contribution in [1.82, 2.24) is 29.9 Å². The van der Waals surface area contributed by atoms with E-state index in [9.17, 15) is 16.8 Å². The summed E-state index contributed by atoms with van der Waals surface area (Å²) in [4.78, 5) is 24.9. The fourth-order valence-corrected chi connectivity index (χ4v) is 6.41. The van der Waals surface area contributed by atoms with Gasteiger partial charge in [-0.1, -0.05) is 23.2 Å². The Hall–Kier alpha value is -5.65. The second kappa shape index (κ2) is 15.9. The zero-order valence-corrected chi connectivity index (χ0v) is 30.6. The highest BCUT2D eigenvalue weighted by molar-refractivity contribution is 8.13. The summed E-state index contributed by atoms with van der Waals surface area (Å²) in [6, 6.07) is 25.3. The number of nitrogen functional groups attached to an aromatic ring is 1. The van der Waals surface area contributed by atoms with Crippen LogP contribution in [0.4, 0.5) is 11.6 Å². The average molecular weight is 810 g/mol. The molecule has 0 amide bonds. The number of nitrogens with one attached hydrogen (secondary N) is 1. The van der Waals surface area contributed by atoms with Gasteiger partial charge in [0.15, 0.2) is 22.5 Å². The highest BCUT2D eigenvalue weighted by Crippen LogP contribution is 2.26. The Labute approximate surface area is 316 Å². The molecule has 0 spiro atoms. The quantitative estimate of drug-likeness (QED) is 0.153. The van der Waals surface area contributed by atoms with Gasteiger partial charge >= 0.3 is 0 Å². The van der Waals surface area contributed by atoms with Gasteiger partial charge in [-0.15, -0.1) is 0 Å². The average Bonchev–Trinajstić information content (AvgIpc) is 3.78. The van der Waals surface area contributed by atoms with E-state index in [1.165, 1.54) is 60.8 Å². The first-order valence-electron chi connectivity index (χ1n) is 14.9. The molecule has 6 aromatic heterocycles. The molecule has 3 N–H and O–H groups in total. The van der Waals surface area contributed by atoms with Gasteiger partial charge in [0, 0.05) is 56.6 Å². The summed E-state index contributed by atoms with van der Waals surface area (Å²) in [5.41, 5.74) is 9.24. The maximum absolute atomic E-state index is 12.5. The van der Waals surface area contributed by atoms with E-state index >= 15 is 0 Å². The number of sulfonamides is 1. The molecule has 0 aliphatic heterocycles. The molecular formula is C34H23Cl3N8O6S2. The number of nitrogens with two attached hydrogens (primary N) is 1. The van der Waals surface area contributed by atoms with Crippen LogP contribution in [0.2, 0.25) is 10.0 Å². The molecule has 0 atom stereocenters. The molecule has 8 aromatic rings. The van der Waals surface area contributed by atoms with Gasteiger partial charge in [-0.25, -0.2) is 36.8 Å². The molecule has 0 radical (unpaired) electrons. The largest absolute Gasteiger partial charge is 0.434 e. The lowest BCUT2D eigenvalue weighted by atomic mass is 10.2. The summed E-state index contributed by atoms with van der Waals surface area (Å²) in [7, 11) is -2.35. The maximum atomic E-state index is 12.5. The fraction of sp³-hybridized carbons (Fsp3) is 0. The summed E-state index contributed by atoms with van der Waals surface area (Å²) < 4.78 is 59.9. The zero-order valence-electron chi connectivity index (χ0n) is 26.7. The summed E-state index contributed by atoms with van der Waals surface area (Å²) >= 11 is 11.3. The summed E-state index contributed by atoms with van der Waals surface area (Å²) in [6.07, 6.45) is 6.38. The molecule has 0 fully saturated rings. The summed E-state index contributed by atoms with van der Waals surface area (Å²) in [5.74, 6) is 1.41. The maximum Gasteiger partial charge on any atom is 0.263 e. The molecule has 0 unspecified atom stereocenters. The van der Waals surface area contributed by atoms with Crippen LogP contribution in [-0.4, -0.2) is 46.7 Å². The van der Waals surface area contributed by atoms with Gasteiger partial charge in [-0.3, -0.25) is 4.72 Å². The third kappa shape index (κ3) is 9.62. The molecule has 0 saturated carbocycles. The number of hydrogen-bond donors (Lipinski definition) is 2. The van der Waals surface area contributed by atoms with Crippen LogP contribution in [0.15, 0.2) is 140 Å². The van der Waals surface area contributed by atoms with E-state index in [0.717, 1.165) is 5.56 Å². The standard InChI is InChI=1S/C17H11ClN4O3S.C11H8N4O.C6H4Cl2O2S/c18-12-3-5-13(6-4-12)26(23,24)22-15-10-11(7-9-19-15)17-21-16-14(25-17)2-1-8-20-16;12-9-6-7(3-5-13-9)11-15-10-8(16-11)2-1-4-14-10;7-5-1-3-6(4-2-5)11(8,9)10/h1-10H,(H,19,22);1-6H,(H2,12,13);1-4H. The van der Waals surface area contributed by atoms with E-state index in [1.54, 1.807) is 55.0 Å². The molecule has 2 aromatic carbocycles. The van der Waals surface area contributed by atoms with Crippen LogP contribution in [0.1, 0.15) is 0 Å². The van der Waals surface area contributed by atoms with Gasteiger partial charge < -0.3 is 14.6 Å². The van der Waals surface area contributed by atoms with Gasteiger partial charge in [0.2, 0.25) is 11.8 Å². The molecule has 53 heavy (non-hydrogen) atoms. The van der Waals surface area contributed by atoms with Gasteiger partial charge in [-0.05, 0) is 97.1 Å². The summed E-state index contributed by atoms with van der Waals surface area (Å²) in [6.45, 7) is 0. The Balaban J connectivity index is 0.000000151. The topological polar surface area (TPSA) is 210 Å². The van der Waals surface area contributed by atoms with Crippen molar-refractivity contribution in [1.29, 1.82) is 0 Å². The van der Waals surface area contributed by atoms with E-state index in [-0.39, 0.29) is 15.6 Å². The first kappa shape index (κ1) is 37.1. The molecule has 0 aliphatic carbocycles. The van der Waals surface area contributed by atoms with E-state index in [2.05, 4.69) is 34.6 Å². The van der Waals surface area contributed by atoms with E-state index in [1.807, 2.05) is 6.07 Å². The molecule has 0 saturated heterocycles. The lowest BCUT2D eigenvalue weighted by molar-refractivity contribution is 0.600. The molecule has 268 valence electrons. The Morgan fingerprint density at radius 2 is 1.08 bits per heavy atom. The number of benzene rings is 2. The third-order valence-corrected chi connectivity index (χ3v) is 10.1. The smallest absolute Gasteiger partial charge is 0.263 e. The molecule has 0 bridgehead atoms. The number of halogens is 3. The number of nitrogens with zero attached hydrogens (tertiary/aromatic N) is 6. The molecule has 19 heteroatoms. The number of anilines is 2. The number of hydrogen-bond acceptors (Lipinski definition) is 13. The van der Waals surface area contributed by atoms with Crippen LogP contribution in [0.5, 0.6) is 0 Å². The predicted octanol–water partition coefficient (Wildman–Crippen LogP) is 7.87. The van der Waals surface area contributed by atoms with E-state index in [0.29, 0.717) is 55.7 Å². The highest BCUT2D eigenvalue weighted by Gasteiger charge is 2.16. The minimum Gasteiger partial charge on any atom is -0.434 e. The van der Waals surface area contributed by atoms with Crippen molar-refractivity contribution in [2.24, 2.45) is 0 Å². The number of fused-ring (bicyclic) bond motifs is 2. The zero-order chi connectivity index (χ0) is 37.6. The lowest BCUT2D eigenvalue weighted by Crippen LogP contribution is -2.13. The molecule has 0 aliphatic rings. The summed E-state index contributed by atoms with van der Waals surface area (Å²) in [5, 5.41) is 0.933. The van der Waals surface area contributed by atoms with Crippen LogP contribution in [0.25, 0.3) is 45.4 Å². The monoisotopic (exact) mass is 808 g/mol. The Morgan fingerprint density at radius 1 is 0.585 bits per heavy atom. The lowest BCUT2D eigenvalue weighted by Gasteiger charge is -2.08. The fourth-order valence-electron chi connectivity index (χ4n) is 4.39. The highest BCUT2D eigenvalue weighted by atomic mass is 35.7. The second-order valence-corrected chi connectivity index (χ2v) is 15.7. The first-order valence-corrected chi connectivity index (χ1v) is 19.5. The van der Waals surface area contributed by atoms with Gasteiger partial charge in [0.05, 0.1) is 9.79 Å².